The van der Waals surface area contributed by atoms with Crippen molar-refractivity contribution in [3.05, 3.63) is 27.8 Å². The maximum Gasteiger partial charge on any atom is 0.325 e. The number of esters is 1. The lowest BCUT2D eigenvalue weighted by molar-refractivity contribution is -0.141. The molecule has 0 aromatic heterocycles. The summed E-state index contributed by atoms with van der Waals surface area (Å²) in [6, 6.07) is 6.50. The van der Waals surface area contributed by atoms with Gasteiger partial charge in [-0.25, -0.2) is 0 Å². The summed E-state index contributed by atoms with van der Waals surface area (Å²) >= 11 is 7.44. The molecule has 1 saturated heterocycles. The van der Waals surface area contributed by atoms with Crippen molar-refractivity contribution in [2.45, 2.75) is 19.4 Å². The van der Waals surface area contributed by atoms with Crippen molar-refractivity contribution >= 4 is 63.4 Å². The number of carbonyl (C=O) groups excluding carboxylic acids is 3. The summed E-state index contributed by atoms with van der Waals surface area (Å²) in [5, 5.41) is 2.99. The first-order valence-corrected chi connectivity index (χ1v) is 9.10. The Morgan fingerprint density at radius 2 is 1.96 bits per heavy atom. The van der Waals surface area contributed by atoms with E-state index in [0.717, 1.165) is 3.57 Å². The summed E-state index contributed by atoms with van der Waals surface area (Å²) in [6.07, 6.45) is -0.0988. The van der Waals surface area contributed by atoms with E-state index < -0.39 is 12.0 Å². The molecule has 0 bridgehead atoms. The second-order valence-corrected chi connectivity index (χ2v) is 6.95. The van der Waals surface area contributed by atoms with Crippen molar-refractivity contribution in [1.29, 1.82) is 0 Å². The van der Waals surface area contributed by atoms with Crippen molar-refractivity contribution in [2.24, 2.45) is 0 Å². The number of amides is 2. The average Bonchev–Trinajstić information content (AvgIpc) is 2.80. The van der Waals surface area contributed by atoms with Crippen molar-refractivity contribution in [3.63, 3.8) is 0 Å². The molecule has 1 fully saturated rings. The summed E-state index contributed by atoms with van der Waals surface area (Å²) in [5.74, 6) is -1.12. The van der Waals surface area contributed by atoms with Crippen LogP contribution in [-0.2, 0) is 19.1 Å². The molecular weight excluding hydrogens is 457 g/mol. The number of hydrogen-bond donors (Lipinski definition) is 1. The number of methoxy groups -OCH3 is 1. The van der Waals surface area contributed by atoms with E-state index in [1.165, 1.54) is 16.9 Å². The van der Waals surface area contributed by atoms with Crippen LogP contribution in [0.1, 0.15) is 13.3 Å². The lowest BCUT2D eigenvalue weighted by atomic mass is 10.1. The van der Waals surface area contributed by atoms with E-state index in [0.29, 0.717) is 12.2 Å². The van der Waals surface area contributed by atoms with Gasteiger partial charge in [0, 0.05) is 15.8 Å². The molecule has 25 heavy (non-hydrogen) atoms. The number of thiocarbonyl (C=S) groups is 1. The maximum absolute atomic E-state index is 12.5. The molecule has 7 nitrogen and oxygen atoms in total. The predicted molar refractivity (Wildman–Crippen MR) is 105 cm³/mol. The van der Waals surface area contributed by atoms with Crippen LogP contribution in [0.25, 0.3) is 0 Å². The molecular formula is C16H18IN3O4S. The van der Waals surface area contributed by atoms with Crippen LogP contribution < -0.4 is 5.32 Å². The minimum atomic E-state index is -0.810. The highest BCUT2D eigenvalue weighted by Gasteiger charge is 2.43. The molecule has 0 radical (unpaired) electrons. The molecule has 9 heteroatoms. The molecule has 1 aliphatic heterocycles. The molecule has 1 unspecified atom stereocenters. The standard InChI is InChI=1S/C16H18IN3O4S/c1-3-19-15(23)12(20(16(19)25)9-14(22)24-2)8-13(21)18-11-6-4-10(17)5-7-11/h4-7,12H,3,8-9H2,1-2H3,(H,18,21). The Morgan fingerprint density at radius 3 is 2.52 bits per heavy atom. The first kappa shape index (κ1) is 19.6. The van der Waals surface area contributed by atoms with Gasteiger partial charge in [0.2, 0.25) is 5.91 Å². The van der Waals surface area contributed by atoms with Gasteiger partial charge in [-0.3, -0.25) is 19.3 Å². The molecule has 2 rings (SSSR count). The Labute approximate surface area is 164 Å². The summed E-state index contributed by atoms with van der Waals surface area (Å²) < 4.78 is 5.70. The Hall–Kier alpha value is -1.75. The third kappa shape index (κ3) is 4.66. The highest BCUT2D eigenvalue weighted by atomic mass is 127. The van der Waals surface area contributed by atoms with E-state index in [1.807, 2.05) is 12.1 Å². The monoisotopic (exact) mass is 475 g/mol. The molecule has 1 heterocycles. The SMILES string of the molecule is CCN1C(=O)C(CC(=O)Nc2ccc(I)cc2)N(CC(=O)OC)C1=S. The largest absolute Gasteiger partial charge is 0.468 e. The summed E-state index contributed by atoms with van der Waals surface area (Å²) in [6.45, 7) is 2.00. The summed E-state index contributed by atoms with van der Waals surface area (Å²) in [7, 11) is 1.26. The lowest BCUT2D eigenvalue weighted by Crippen LogP contribution is -2.41. The first-order chi connectivity index (χ1) is 11.9. The average molecular weight is 475 g/mol. The Morgan fingerprint density at radius 1 is 1.32 bits per heavy atom. The minimum Gasteiger partial charge on any atom is -0.468 e. The lowest BCUT2D eigenvalue weighted by Gasteiger charge is -2.22. The zero-order chi connectivity index (χ0) is 18.6. The number of nitrogens with one attached hydrogen (secondary N) is 1. The highest BCUT2D eigenvalue weighted by Crippen LogP contribution is 2.21. The van der Waals surface area contributed by atoms with E-state index in [9.17, 15) is 14.4 Å². The normalized spacial score (nSPS) is 17.0. The maximum atomic E-state index is 12.5. The van der Waals surface area contributed by atoms with Gasteiger partial charge in [0.05, 0.1) is 13.5 Å². The first-order valence-electron chi connectivity index (χ1n) is 7.61. The number of benzene rings is 1. The Kier molecular flexibility index (Phi) is 6.71. The number of anilines is 1. The third-order valence-corrected chi connectivity index (χ3v) is 4.93. The number of halogens is 1. The van der Waals surface area contributed by atoms with Crippen LogP contribution >= 0.6 is 34.8 Å². The smallest absolute Gasteiger partial charge is 0.325 e. The fourth-order valence-electron chi connectivity index (χ4n) is 2.49. The molecule has 1 aromatic rings. The van der Waals surface area contributed by atoms with Crippen molar-refractivity contribution in [3.8, 4) is 0 Å². The van der Waals surface area contributed by atoms with Gasteiger partial charge in [-0.1, -0.05) is 0 Å². The van der Waals surface area contributed by atoms with Crippen LogP contribution in [-0.4, -0.2) is 58.9 Å². The van der Waals surface area contributed by atoms with Crippen LogP contribution in [0.4, 0.5) is 5.69 Å². The second-order valence-electron chi connectivity index (χ2n) is 5.34. The van der Waals surface area contributed by atoms with Gasteiger partial charge in [-0.2, -0.15) is 0 Å². The number of ether oxygens (including phenoxy) is 1. The number of nitrogens with zero attached hydrogens (tertiary/aromatic N) is 2. The van der Waals surface area contributed by atoms with Gasteiger partial charge in [0.25, 0.3) is 5.91 Å². The molecule has 134 valence electrons. The minimum absolute atomic E-state index is 0.0988. The van der Waals surface area contributed by atoms with Gasteiger partial charge in [0.1, 0.15) is 12.6 Å². The fraction of sp³-hybridized carbons (Fsp3) is 0.375. The number of likely N-dealkylation sites (N-methyl/N-ethyl adjacent to an activating group) is 1. The molecule has 1 aliphatic rings. The van der Waals surface area contributed by atoms with E-state index in [-0.39, 0.29) is 29.9 Å². The molecule has 2 amide bonds. The zero-order valence-corrected chi connectivity index (χ0v) is 16.8. The second kappa shape index (κ2) is 8.56. The topological polar surface area (TPSA) is 79.0 Å². The Balaban J connectivity index is 2.11. The van der Waals surface area contributed by atoms with Gasteiger partial charge < -0.3 is 15.0 Å². The molecule has 1 N–H and O–H groups in total. The molecule has 1 aromatic carbocycles. The quantitative estimate of drug-likeness (QED) is 0.383. The number of rotatable bonds is 6. The van der Waals surface area contributed by atoms with E-state index in [2.05, 4.69) is 32.6 Å². The Bertz CT molecular complexity index is 695. The van der Waals surface area contributed by atoms with E-state index in [1.54, 1.807) is 19.1 Å². The molecule has 0 saturated carbocycles. The zero-order valence-electron chi connectivity index (χ0n) is 13.8. The van der Waals surface area contributed by atoms with E-state index in [4.69, 9.17) is 12.2 Å². The van der Waals surface area contributed by atoms with Crippen LogP contribution in [0.3, 0.4) is 0 Å². The van der Waals surface area contributed by atoms with Crippen molar-refractivity contribution < 1.29 is 19.1 Å². The fourth-order valence-corrected chi connectivity index (χ4v) is 3.26. The van der Waals surface area contributed by atoms with Crippen molar-refractivity contribution in [2.75, 3.05) is 25.5 Å². The van der Waals surface area contributed by atoms with Crippen molar-refractivity contribution in [1.82, 2.24) is 9.80 Å². The van der Waals surface area contributed by atoms with Gasteiger partial charge in [0.15, 0.2) is 5.11 Å². The highest BCUT2D eigenvalue weighted by molar-refractivity contribution is 14.1. The van der Waals surface area contributed by atoms with Crippen LogP contribution in [0.2, 0.25) is 0 Å². The summed E-state index contributed by atoms with van der Waals surface area (Å²) in [4.78, 5) is 39.3. The number of hydrogen-bond acceptors (Lipinski definition) is 5. The van der Waals surface area contributed by atoms with Gasteiger partial charge in [-0.05, 0) is 66.0 Å². The number of carbonyl (C=O) groups is 3. The molecule has 0 aliphatic carbocycles. The van der Waals surface area contributed by atoms with E-state index >= 15 is 0 Å². The third-order valence-electron chi connectivity index (χ3n) is 3.75. The van der Waals surface area contributed by atoms with Crippen LogP contribution in [0.15, 0.2) is 24.3 Å². The molecule has 1 atom stereocenters. The molecule has 0 spiro atoms. The van der Waals surface area contributed by atoms with Crippen LogP contribution in [0.5, 0.6) is 0 Å². The van der Waals surface area contributed by atoms with Gasteiger partial charge >= 0.3 is 5.97 Å². The predicted octanol–water partition coefficient (Wildman–Crippen LogP) is 1.61. The van der Waals surface area contributed by atoms with Gasteiger partial charge in [-0.15, -0.1) is 0 Å². The van der Waals surface area contributed by atoms with Crippen LogP contribution in [0, 0.1) is 3.57 Å². The summed E-state index contributed by atoms with van der Waals surface area (Å²) in [5.41, 5.74) is 0.644.